The number of ether oxygens (including phenoxy) is 2. The molecule has 1 atom stereocenters. The van der Waals surface area contributed by atoms with Crippen LogP contribution in [0.4, 0.5) is 5.69 Å². The van der Waals surface area contributed by atoms with Gasteiger partial charge < -0.3 is 14.8 Å². The van der Waals surface area contributed by atoms with Gasteiger partial charge in [0.05, 0.1) is 19.9 Å². The molecule has 6 heteroatoms. The molecular formula is C28H33N3O3. The van der Waals surface area contributed by atoms with Crippen LogP contribution in [0.3, 0.4) is 0 Å². The van der Waals surface area contributed by atoms with Crippen LogP contribution in [0.5, 0.6) is 11.5 Å². The first-order chi connectivity index (χ1) is 16.5. The summed E-state index contributed by atoms with van der Waals surface area (Å²) in [6.07, 6.45) is 4.60. The molecule has 3 aromatic carbocycles. The number of amides is 1. The zero-order chi connectivity index (χ0) is 23.9. The molecule has 6 nitrogen and oxygen atoms in total. The van der Waals surface area contributed by atoms with Gasteiger partial charge in [0.15, 0.2) is 11.5 Å². The number of anilines is 1. The van der Waals surface area contributed by atoms with Crippen LogP contribution in [0.2, 0.25) is 0 Å². The van der Waals surface area contributed by atoms with Crippen LogP contribution in [0.1, 0.15) is 38.7 Å². The molecule has 4 rings (SSSR count). The number of fused-ring (bicyclic) bond motifs is 1. The Morgan fingerprint density at radius 3 is 2.76 bits per heavy atom. The largest absolute Gasteiger partial charge is 0.493 e. The molecule has 0 bridgehead atoms. The monoisotopic (exact) mass is 459 g/mol. The third kappa shape index (κ3) is 5.68. The zero-order valence-electron chi connectivity index (χ0n) is 20.2. The minimum absolute atomic E-state index is 0.0242. The predicted molar refractivity (Wildman–Crippen MR) is 138 cm³/mol. The highest BCUT2D eigenvalue weighted by molar-refractivity contribution is 6.03. The van der Waals surface area contributed by atoms with Gasteiger partial charge in [-0.3, -0.25) is 9.80 Å². The average Bonchev–Trinajstić information content (AvgIpc) is 2.86. The minimum Gasteiger partial charge on any atom is -0.493 e. The predicted octanol–water partition coefficient (Wildman–Crippen LogP) is 5.71. The Balaban J connectivity index is 1.50. The minimum atomic E-state index is -0.307. The van der Waals surface area contributed by atoms with E-state index in [1.807, 2.05) is 53.5 Å². The molecule has 1 aliphatic rings. The summed E-state index contributed by atoms with van der Waals surface area (Å²) < 4.78 is 11.3. The van der Waals surface area contributed by atoms with E-state index in [2.05, 4.69) is 31.3 Å². The molecule has 1 amide bonds. The van der Waals surface area contributed by atoms with Crippen LogP contribution in [-0.4, -0.2) is 43.4 Å². The van der Waals surface area contributed by atoms with Crippen LogP contribution < -0.4 is 14.8 Å². The highest BCUT2D eigenvalue weighted by Crippen LogP contribution is 2.29. The summed E-state index contributed by atoms with van der Waals surface area (Å²) >= 11 is 0. The van der Waals surface area contributed by atoms with Crippen molar-refractivity contribution in [2.24, 2.45) is 11.0 Å². The maximum atomic E-state index is 13.3. The maximum Gasteiger partial charge on any atom is 0.248 e. The lowest BCUT2D eigenvalue weighted by molar-refractivity contribution is -0.122. The fraction of sp³-hybridized carbons (Fsp3) is 0.357. The topological polar surface area (TPSA) is 63.2 Å². The van der Waals surface area contributed by atoms with Crippen LogP contribution in [0.15, 0.2) is 65.8 Å². The van der Waals surface area contributed by atoms with Crippen molar-refractivity contribution in [3.05, 3.63) is 66.2 Å². The molecule has 34 heavy (non-hydrogen) atoms. The molecule has 178 valence electrons. The number of hydrazone groups is 1. The number of nitrogens with zero attached hydrogens (tertiary/aromatic N) is 2. The summed E-state index contributed by atoms with van der Waals surface area (Å²) in [5.74, 6) is 1.78. The fourth-order valence-electron chi connectivity index (χ4n) is 4.16. The average molecular weight is 460 g/mol. The smallest absolute Gasteiger partial charge is 0.248 e. The zero-order valence-corrected chi connectivity index (χ0v) is 20.2. The number of carbonyl (C=O) groups is 1. The van der Waals surface area contributed by atoms with Crippen LogP contribution in [0, 0.1) is 5.92 Å². The maximum absolute atomic E-state index is 13.3. The number of piperidine rings is 1. The second kappa shape index (κ2) is 11.1. The Labute approximate surface area is 201 Å². The molecule has 0 radical (unpaired) electrons. The van der Waals surface area contributed by atoms with Crippen molar-refractivity contribution in [1.29, 1.82) is 0 Å². The Morgan fingerprint density at radius 1 is 1.12 bits per heavy atom. The van der Waals surface area contributed by atoms with Crippen molar-refractivity contribution in [3.8, 4) is 11.5 Å². The van der Waals surface area contributed by atoms with E-state index in [4.69, 9.17) is 14.6 Å². The number of hydrogen-bond donors (Lipinski definition) is 1. The highest BCUT2D eigenvalue weighted by Gasteiger charge is 2.28. The molecule has 0 aromatic heterocycles. The van der Waals surface area contributed by atoms with Gasteiger partial charge in [-0.15, -0.1) is 0 Å². The van der Waals surface area contributed by atoms with Gasteiger partial charge in [0, 0.05) is 17.6 Å². The summed E-state index contributed by atoms with van der Waals surface area (Å²) in [4.78, 5) is 13.3. The molecule has 1 heterocycles. The van der Waals surface area contributed by atoms with Gasteiger partial charge in [-0.2, -0.15) is 5.10 Å². The lowest BCUT2D eigenvalue weighted by atomic mass is 10.0. The van der Waals surface area contributed by atoms with Crippen molar-refractivity contribution in [3.63, 3.8) is 0 Å². The molecule has 1 saturated heterocycles. The van der Waals surface area contributed by atoms with Crippen LogP contribution in [-0.2, 0) is 4.79 Å². The summed E-state index contributed by atoms with van der Waals surface area (Å²) in [6, 6.07) is 19.5. The van der Waals surface area contributed by atoms with Crippen LogP contribution in [0.25, 0.3) is 10.8 Å². The summed E-state index contributed by atoms with van der Waals surface area (Å²) in [5, 5.41) is 11.9. The molecule has 1 unspecified atom stereocenters. The van der Waals surface area contributed by atoms with E-state index in [0.717, 1.165) is 47.8 Å². The van der Waals surface area contributed by atoms with Gasteiger partial charge >= 0.3 is 0 Å². The van der Waals surface area contributed by atoms with Gasteiger partial charge in [0.1, 0.15) is 6.04 Å². The number of benzene rings is 3. The second-order valence-corrected chi connectivity index (χ2v) is 9.05. The molecule has 0 spiro atoms. The number of carbonyl (C=O) groups excluding carboxylic acids is 1. The van der Waals surface area contributed by atoms with Gasteiger partial charge in [-0.1, -0.05) is 50.2 Å². The molecular weight excluding hydrogens is 426 g/mol. The third-order valence-electron chi connectivity index (χ3n) is 5.94. The summed E-state index contributed by atoms with van der Waals surface area (Å²) in [6.45, 7) is 5.58. The summed E-state index contributed by atoms with van der Waals surface area (Å²) in [5.41, 5.74) is 1.73. The van der Waals surface area contributed by atoms with E-state index >= 15 is 0 Å². The van der Waals surface area contributed by atoms with E-state index in [1.54, 1.807) is 13.3 Å². The fourth-order valence-corrected chi connectivity index (χ4v) is 4.16. The second-order valence-electron chi connectivity index (χ2n) is 9.05. The van der Waals surface area contributed by atoms with E-state index in [-0.39, 0.29) is 11.9 Å². The lowest BCUT2D eigenvalue weighted by Crippen LogP contribution is -2.44. The Kier molecular flexibility index (Phi) is 7.68. The number of hydrogen-bond acceptors (Lipinski definition) is 5. The van der Waals surface area contributed by atoms with E-state index in [9.17, 15) is 4.79 Å². The van der Waals surface area contributed by atoms with Crippen LogP contribution >= 0.6 is 0 Å². The van der Waals surface area contributed by atoms with E-state index in [0.29, 0.717) is 24.0 Å². The first-order valence-electron chi connectivity index (χ1n) is 11.9. The molecule has 1 fully saturated rings. The molecule has 1 N–H and O–H groups in total. The Bertz CT molecular complexity index is 1150. The Hall–Kier alpha value is -3.54. The van der Waals surface area contributed by atoms with Crippen molar-refractivity contribution in [2.75, 3.05) is 25.6 Å². The molecule has 3 aromatic rings. The van der Waals surface area contributed by atoms with Gasteiger partial charge in [0.2, 0.25) is 5.91 Å². The first-order valence-corrected chi connectivity index (χ1v) is 11.9. The van der Waals surface area contributed by atoms with Gasteiger partial charge in [0.25, 0.3) is 0 Å². The quantitative estimate of drug-likeness (QED) is 0.438. The SMILES string of the molecule is COc1ccc(/C=N/N2CCCCC2C(=O)Nc2cccc3ccccc23)cc1OCC(C)C. The number of nitrogens with one attached hydrogen (secondary N) is 1. The van der Waals surface area contributed by atoms with Crippen molar-refractivity contribution in [2.45, 2.75) is 39.2 Å². The van der Waals surface area contributed by atoms with Crippen molar-refractivity contribution < 1.29 is 14.3 Å². The standard InChI is InChI=1S/C28H33N3O3/c1-20(2)19-34-27-17-21(14-15-26(27)33-3)18-29-31-16-7-6-13-25(31)28(32)30-24-12-8-10-22-9-4-5-11-23(22)24/h4-5,8-12,14-15,17-18,20,25H,6-7,13,16,19H2,1-3H3,(H,30,32)/b29-18+. The van der Waals surface area contributed by atoms with Gasteiger partial charge in [-0.25, -0.2) is 0 Å². The van der Waals surface area contributed by atoms with E-state index < -0.39 is 0 Å². The normalized spacial score (nSPS) is 16.2. The highest BCUT2D eigenvalue weighted by atomic mass is 16.5. The lowest BCUT2D eigenvalue weighted by Gasteiger charge is -2.32. The molecule has 0 aliphatic carbocycles. The summed E-state index contributed by atoms with van der Waals surface area (Å²) in [7, 11) is 1.64. The first kappa shape index (κ1) is 23.6. The van der Waals surface area contributed by atoms with Crippen molar-refractivity contribution in [1.82, 2.24) is 5.01 Å². The van der Waals surface area contributed by atoms with Crippen molar-refractivity contribution >= 4 is 28.6 Å². The van der Waals surface area contributed by atoms with E-state index in [1.165, 1.54) is 0 Å². The number of methoxy groups -OCH3 is 1. The van der Waals surface area contributed by atoms with Gasteiger partial charge in [-0.05, 0) is 60.4 Å². The number of rotatable bonds is 8. The third-order valence-corrected chi connectivity index (χ3v) is 5.94. The Morgan fingerprint density at radius 2 is 1.94 bits per heavy atom. The molecule has 1 aliphatic heterocycles. The molecule has 0 saturated carbocycles.